The summed E-state index contributed by atoms with van der Waals surface area (Å²) in [6.45, 7) is 1.72. The number of carboxylic acids is 1. The van der Waals surface area contributed by atoms with Gasteiger partial charge in [-0.15, -0.1) is 0 Å². The van der Waals surface area contributed by atoms with Gasteiger partial charge in [0.05, 0.1) is 11.8 Å². The second kappa shape index (κ2) is 7.88. The predicted molar refractivity (Wildman–Crippen MR) is 102 cm³/mol. The molecule has 1 heterocycles. The Kier molecular flexibility index (Phi) is 5.38. The normalized spacial score (nSPS) is 10.9. The number of amides is 1. The third-order valence-corrected chi connectivity index (χ3v) is 4.17. The lowest BCUT2D eigenvalue weighted by molar-refractivity contribution is 0.0696. The first-order valence-electron chi connectivity index (χ1n) is 7.98. The van der Waals surface area contributed by atoms with Gasteiger partial charge in [-0.05, 0) is 55.0 Å². The van der Waals surface area contributed by atoms with E-state index in [1.807, 2.05) is 0 Å². The van der Waals surface area contributed by atoms with Gasteiger partial charge in [0.25, 0.3) is 5.91 Å². The largest absolute Gasteiger partial charge is 0.478 e. The van der Waals surface area contributed by atoms with Crippen LogP contribution in [0.1, 0.15) is 32.0 Å². The first-order chi connectivity index (χ1) is 13.0. The lowest BCUT2D eigenvalue weighted by Gasteiger charge is -2.05. The zero-order valence-electron chi connectivity index (χ0n) is 14.3. The number of hydrazone groups is 1. The Morgan fingerprint density at radius 2 is 1.85 bits per heavy atom. The van der Waals surface area contributed by atoms with Gasteiger partial charge in [0.1, 0.15) is 11.5 Å². The van der Waals surface area contributed by atoms with E-state index in [-0.39, 0.29) is 11.5 Å². The molecule has 136 valence electrons. The van der Waals surface area contributed by atoms with Crippen molar-refractivity contribution >= 4 is 29.7 Å². The van der Waals surface area contributed by atoms with Crippen LogP contribution in [0.3, 0.4) is 0 Å². The summed E-state index contributed by atoms with van der Waals surface area (Å²) >= 11 is 5.79. The summed E-state index contributed by atoms with van der Waals surface area (Å²) in [4.78, 5) is 23.2. The van der Waals surface area contributed by atoms with Gasteiger partial charge < -0.3 is 9.52 Å². The Labute approximate surface area is 160 Å². The summed E-state index contributed by atoms with van der Waals surface area (Å²) in [5.74, 6) is -0.435. The number of hydrogen-bond donors (Lipinski definition) is 2. The molecule has 27 heavy (non-hydrogen) atoms. The predicted octanol–water partition coefficient (Wildman–Crippen LogP) is 4.37. The van der Waals surface area contributed by atoms with E-state index < -0.39 is 5.97 Å². The Bertz CT molecular complexity index is 1020. The standard InChI is InChI=1S/C20H15ClN2O4/c1-12-16(3-2-4-17(12)20(25)26)18-10-9-15(27-18)11-22-23-19(24)13-5-7-14(21)8-6-13/h2-11H,1H3,(H,23,24)(H,25,26)/b22-11-. The number of carbonyl (C=O) groups is 2. The van der Waals surface area contributed by atoms with Gasteiger partial charge >= 0.3 is 5.97 Å². The van der Waals surface area contributed by atoms with Crippen LogP contribution in [-0.4, -0.2) is 23.2 Å². The Hall–Kier alpha value is -3.38. The molecule has 6 nitrogen and oxygen atoms in total. The SMILES string of the molecule is Cc1c(C(=O)O)cccc1-c1ccc(/C=N\NC(=O)c2ccc(Cl)cc2)o1. The number of furan rings is 1. The molecule has 0 saturated carbocycles. The highest BCUT2D eigenvalue weighted by molar-refractivity contribution is 6.30. The van der Waals surface area contributed by atoms with Gasteiger partial charge in [-0.1, -0.05) is 23.7 Å². The van der Waals surface area contributed by atoms with Crippen LogP contribution < -0.4 is 5.43 Å². The molecular weight excluding hydrogens is 368 g/mol. The number of halogens is 1. The van der Waals surface area contributed by atoms with E-state index in [1.165, 1.54) is 6.21 Å². The fraction of sp³-hybridized carbons (Fsp3) is 0.0500. The maximum Gasteiger partial charge on any atom is 0.335 e. The number of aromatic carboxylic acids is 1. The van der Waals surface area contributed by atoms with Gasteiger partial charge in [-0.25, -0.2) is 10.2 Å². The van der Waals surface area contributed by atoms with Crippen molar-refractivity contribution in [2.24, 2.45) is 5.10 Å². The molecule has 3 rings (SSSR count). The molecule has 0 fully saturated rings. The summed E-state index contributed by atoms with van der Waals surface area (Å²) in [6, 6.07) is 14.8. The molecule has 0 unspecified atom stereocenters. The van der Waals surface area contributed by atoms with Crippen LogP contribution in [0.15, 0.2) is 64.1 Å². The third kappa shape index (κ3) is 4.24. The van der Waals surface area contributed by atoms with Crippen LogP contribution in [0.2, 0.25) is 5.02 Å². The fourth-order valence-electron chi connectivity index (χ4n) is 2.52. The summed E-state index contributed by atoms with van der Waals surface area (Å²) in [7, 11) is 0. The number of benzene rings is 2. The third-order valence-electron chi connectivity index (χ3n) is 3.92. The zero-order chi connectivity index (χ0) is 19.4. The average molecular weight is 383 g/mol. The number of carbonyl (C=O) groups excluding carboxylic acids is 1. The molecule has 1 amide bonds. The summed E-state index contributed by atoms with van der Waals surface area (Å²) < 4.78 is 5.68. The molecule has 0 aliphatic rings. The fourth-order valence-corrected chi connectivity index (χ4v) is 2.65. The molecule has 0 aliphatic carbocycles. The summed E-state index contributed by atoms with van der Waals surface area (Å²) in [5.41, 5.74) is 4.34. The quantitative estimate of drug-likeness (QED) is 0.506. The molecule has 0 radical (unpaired) electrons. The van der Waals surface area contributed by atoms with Crippen LogP contribution in [-0.2, 0) is 0 Å². The van der Waals surface area contributed by atoms with E-state index in [0.29, 0.717) is 33.2 Å². The Balaban J connectivity index is 1.72. The van der Waals surface area contributed by atoms with Crippen molar-refractivity contribution in [2.75, 3.05) is 0 Å². The first-order valence-corrected chi connectivity index (χ1v) is 8.35. The van der Waals surface area contributed by atoms with E-state index in [0.717, 1.165) is 0 Å². The van der Waals surface area contributed by atoms with Gasteiger partial charge in [0, 0.05) is 16.1 Å². The van der Waals surface area contributed by atoms with Gasteiger partial charge in [-0.2, -0.15) is 5.10 Å². The number of carboxylic acid groups (broad SMARTS) is 1. The van der Waals surface area contributed by atoms with Crippen LogP contribution in [0.5, 0.6) is 0 Å². The maximum atomic E-state index is 12.0. The monoisotopic (exact) mass is 382 g/mol. The minimum atomic E-state index is -0.993. The van der Waals surface area contributed by atoms with E-state index in [4.69, 9.17) is 16.0 Å². The van der Waals surface area contributed by atoms with Gasteiger partial charge in [-0.3, -0.25) is 4.79 Å². The van der Waals surface area contributed by atoms with Crippen LogP contribution in [0, 0.1) is 6.92 Å². The molecule has 0 aliphatic heterocycles. The second-order valence-electron chi connectivity index (χ2n) is 5.69. The van der Waals surface area contributed by atoms with Crippen LogP contribution in [0.25, 0.3) is 11.3 Å². The molecule has 2 N–H and O–H groups in total. The molecule has 7 heteroatoms. The first kappa shape index (κ1) is 18.4. The lowest BCUT2D eigenvalue weighted by Crippen LogP contribution is -2.17. The topological polar surface area (TPSA) is 91.9 Å². The molecule has 1 aromatic heterocycles. The van der Waals surface area contributed by atoms with Crippen LogP contribution in [0.4, 0.5) is 0 Å². The number of hydrogen-bond acceptors (Lipinski definition) is 4. The summed E-state index contributed by atoms with van der Waals surface area (Å²) in [5, 5.41) is 13.6. The molecule has 0 bridgehead atoms. The summed E-state index contributed by atoms with van der Waals surface area (Å²) in [6.07, 6.45) is 1.37. The minimum absolute atomic E-state index is 0.217. The maximum absolute atomic E-state index is 12.0. The smallest absolute Gasteiger partial charge is 0.335 e. The van der Waals surface area contributed by atoms with E-state index in [1.54, 1.807) is 61.5 Å². The zero-order valence-corrected chi connectivity index (χ0v) is 15.0. The van der Waals surface area contributed by atoms with Gasteiger partial charge in [0.2, 0.25) is 0 Å². The molecule has 0 atom stereocenters. The van der Waals surface area contributed by atoms with E-state index in [9.17, 15) is 14.7 Å². The van der Waals surface area contributed by atoms with Crippen molar-refractivity contribution < 1.29 is 19.1 Å². The molecule has 0 saturated heterocycles. The van der Waals surface area contributed by atoms with Gasteiger partial charge in [0.15, 0.2) is 0 Å². The molecule has 2 aromatic carbocycles. The minimum Gasteiger partial charge on any atom is -0.478 e. The van der Waals surface area contributed by atoms with E-state index in [2.05, 4.69) is 10.5 Å². The Morgan fingerprint density at radius 3 is 2.56 bits per heavy atom. The van der Waals surface area contributed by atoms with Crippen LogP contribution >= 0.6 is 11.6 Å². The highest BCUT2D eigenvalue weighted by Gasteiger charge is 2.13. The van der Waals surface area contributed by atoms with Crippen molar-refractivity contribution in [1.82, 2.24) is 5.43 Å². The highest BCUT2D eigenvalue weighted by atomic mass is 35.5. The van der Waals surface area contributed by atoms with Crippen molar-refractivity contribution in [2.45, 2.75) is 6.92 Å². The number of nitrogens with zero attached hydrogens (tertiary/aromatic N) is 1. The van der Waals surface area contributed by atoms with Crippen molar-refractivity contribution in [1.29, 1.82) is 0 Å². The average Bonchev–Trinajstić information content (AvgIpc) is 3.10. The Morgan fingerprint density at radius 1 is 1.11 bits per heavy atom. The second-order valence-corrected chi connectivity index (χ2v) is 6.13. The highest BCUT2D eigenvalue weighted by Crippen LogP contribution is 2.27. The molecular formula is C20H15ClN2O4. The van der Waals surface area contributed by atoms with E-state index >= 15 is 0 Å². The van der Waals surface area contributed by atoms with Crippen molar-refractivity contribution in [3.05, 3.63) is 82.1 Å². The molecule has 0 spiro atoms. The lowest BCUT2D eigenvalue weighted by atomic mass is 10.0. The number of nitrogens with one attached hydrogen (secondary N) is 1. The van der Waals surface area contributed by atoms with Crippen molar-refractivity contribution in [3.63, 3.8) is 0 Å². The molecule has 3 aromatic rings. The number of rotatable bonds is 5. The van der Waals surface area contributed by atoms with Crippen molar-refractivity contribution in [3.8, 4) is 11.3 Å².